The summed E-state index contributed by atoms with van der Waals surface area (Å²) in [6.07, 6.45) is 1.19. The molecule has 5 heteroatoms. The third-order valence-corrected chi connectivity index (χ3v) is 3.09. The van der Waals surface area contributed by atoms with Gasteiger partial charge >= 0.3 is 0 Å². The molecule has 0 saturated carbocycles. The Morgan fingerprint density at radius 1 is 1.33 bits per heavy atom. The Labute approximate surface area is 112 Å². The number of hydrogen-bond acceptors (Lipinski definition) is 2. The monoisotopic (exact) mass is 311 g/mol. The van der Waals surface area contributed by atoms with E-state index in [4.69, 9.17) is 4.74 Å². The maximum atomic E-state index is 13.2. The Bertz CT molecular complexity index is 607. The number of nitrogens with zero attached hydrogens (tertiary/aromatic N) is 1. The van der Waals surface area contributed by atoms with Crippen molar-refractivity contribution in [2.45, 2.75) is 6.54 Å². The topological polar surface area (TPSA) is 31.2 Å². The van der Waals surface area contributed by atoms with Crippen LogP contribution in [0.5, 0.6) is 5.75 Å². The Hall–Kier alpha value is -1.62. The molecule has 1 aromatic heterocycles. The van der Waals surface area contributed by atoms with Crippen molar-refractivity contribution in [1.82, 2.24) is 4.57 Å². The summed E-state index contributed by atoms with van der Waals surface area (Å²) in [4.78, 5) is 11.8. The molecule has 1 heterocycles. The van der Waals surface area contributed by atoms with Gasteiger partial charge in [0.1, 0.15) is 11.6 Å². The smallest absolute Gasteiger partial charge is 0.265 e. The van der Waals surface area contributed by atoms with Crippen molar-refractivity contribution < 1.29 is 9.13 Å². The van der Waals surface area contributed by atoms with Gasteiger partial charge in [-0.05, 0) is 39.7 Å². The molecule has 2 rings (SSSR count). The third kappa shape index (κ3) is 2.79. The van der Waals surface area contributed by atoms with Gasteiger partial charge in [-0.15, -0.1) is 0 Å². The highest BCUT2D eigenvalue weighted by Crippen LogP contribution is 2.12. The van der Waals surface area contributed by atoms with Crippen molar-refractivity contribution in [3.05, 3.63) is 62.7 Å². The van der Waals surface area contributed by atoms with Crippen LogP contribution in [-0.2, 0) is 6.54 Å². The molecule has 18 heavy (non-hydrogen) atoms. The van der Waals surface area contributed by atoms with Gasteiger partial charge in [-0.3, -0.25) is 4.79 Å². The highest BCUT2D eigenvalue weighted by atomic mass is 79.9. The summed E-state index contributed by atoms with van der Waals surface area (Å²) in [5.74, 6) is 0.293. The molecule has 0 N–H and O–H groups in total. The number of hydrogen-bond donors (Lipinski definition) is 0. The second-order valence-corrected chi connectivity index (χ2v) is 4.64. The number of pyridine rings is 1. The molecule has 0 fully saturated rings. The highest BCUT2D eigenvalue weighted by Gasteiger charge is 2.05. The van der Waals surface area contributed by atoms with Gasteiger partial charge in [-0.1, -0.05) is 12.1 Å². The van der Waals surface area contributed by atoms with Crippen LogP contribution in [0.1, 0.15) is 5.56 Å². The standard InChI is InChI=1S/C13H11BrFNO2/c1-18-11-4-2-9(3-5-11)7-16-8-10(15)6-12(14)13(16)17/h2-6,8H,7H2,1H3. The van der Waals surface area contributed by atoms with Crippen LogP contribution < -0.4 is 10.3 Å². The normalized spacial score (nSPS) is 10.4. The van der Waals surface area contributed by atoms with E-state index in [2.05, 4.69) is 15.9 Å². The lowest BCUT2D eigenvalue weighted by molar-refractivity contribution is 0.414. The van der Waals surface area contributed by atoms with E-state index in [1.54, 1.807) is 19.2 Å². The number of ether oxygens (including phenoxy) is 1. The Kier molecular flexibility index (Phi) is 3.81. The van der Waals surface area contributed by atoms with E-state index in [1.807, 2.05) is 12.1 Å². The van der Waals surface area contributed by atoms with Gasteiger partial charge in [0.15, 0.2) is 0 Å². The number of halogens is 2. The van der Waals surface area contributed by atoms with E-state index in [9.17, 15) is 9.18 Å². The van der Waals surface area contributed by atoms with Gasteiger partial charge in [-0.2, -0.15) is 0 Å². The predicted octanol–water partition coefficient (Wildman–Crippen LogP) is 2.81. The van der Waals surface area contributed by atoms with E-state index in [-0.39, 0.29) is 10.0 Å². The fraction of sp³-hybridized carbons (Fsp3) is 0.154. The summed E-state index contributed by atoms with van der Waals surface area (Å²) in [5.41, 5.74) is 0.641. The molecule has 0 atom stereocenters. The molecule has 0 aliphatic heterocycles. The van der Waals surface area contributed by atoms with Crippen LogP contribution in [0.2, 0.25) is 0 Å². The van der Waals surface area contributed by atoms with Crippen molar-refractivity contribution in [3.63, 3.8) is 0 Å². The van der Waals surface area contributed by atoms with Gasteiger partial charge < -0.3 is 9.30 Å². The molecule has 0 spiro atoms. The molecule has 0 aliphatic carbocycles. The summed E-state index contributed by atoms with van der Waals surface area (Å²) in [5, 5.41) is 0. The average molecular weight is 312 g/mol. The van der Waals surface area contributed by atoms with Crippen LogP contribution in [-0.4, -0.2) is 11.7 Å². The number of aromatic nitrogens is 1. The molecule has 0 radical (unpaired) electrons. The minimum Gasteiger partial charge on any atom is -0.497 e. The van der Waals surface area contributed by atoms with Gasteiger partial charge in [0.05, 0.1) is 18.1 Å². The molecular weight excluding hydrogens is 301 g/mol. The SMILES string of the molecule is COc1ccc(Cn2cc(F)cc(Br)c2=O)cc1. The fourth-order valence-corrected chi connectivity index (χ4v) is 2.06. The molecule has 0 bridgehead atoms. The molecule has 94 valence electrons. The largest absolute Gasteiger partial charge is 0.497 e. The van der Waals surface area contributed by atoms with Crippen LogP contribution in [0, 0.1) is 5.82 Å². The third-order valence-electron chi connectivity index (χ3n) is 2.52. The Balaban J connectivity index is 2.31. The molecule has 0 amide bonds. The fourth-order valence-electron chi connectivity index (χ4n) is 1.61. The van der Waals surface area contributed by atoms with Gasteiger partial charge in [-0.25, -0.2) is 4.39 Å². The maximum absolute atomic E-state index is 13.2. The van der Waals surface area contributed by atoms with Crippen LogP contribution in [0.3, 0.4) is 0 Å². The second-order valence-electron chi connectivity index (χ2n) is 3.79. The zero-order chi connectivity index (χ0) is 13.1. The predicted molar refractivity (Wildman–Crippen MR) is 70.5 cm³/mol. The van der Waals surface area contributed by atoms with Crippen molar-refractivity contribution >= 4 is 15.9 Å². The van der Waals surface area contributed by atoms with Crippen LogP contribution in [0.25, 0.3) is 0 Å². The molecule has 0 aliphatic rings. The number of rotatable bonds is 3. The van der Waals surface area contributed by atoms with Gasteiger partial charge in [0, 0.05) is 6.20 Å². The van der Waals surface area contributed by atoms with Crippen molar-refractivity contribution in [2.75, 3.05) is 7.11 Å². The minimum atomic E-state index is -0.449. The van der Waals surface area contributed by atoms with Crippen molar-refractivity contribution in [1.29, 1.82) is 0 Å². The summed E-state index contributed by atoms with van der Waals surface area (Å²) in [6.45, 7) is 0.319. The molecule has 1 aromatic carbocycles. The molecule has 0 unspecified atom stereocenters. The summed E-state index contributed by atoms with van der Waals surface area (Å²) < 4.78 is 19.8. The van der Waals surface area contributed by atoms with Gasteiger partial charge in [0.25, 0.3) is 5.56 Å². The van der Waals surface area contributed by atoms with Gasteiger partial charge in [0.2, 0.25) is 0 Å². The average Bonchev–Trinajstić information content (AvgIpc) is 2.36. The molecule has 0 saturated heterocycles. The summed E-state index contributed by atoms with van der Waals surface area (Å²) in [7, 11) is 1.59. The van der Waals surface area contributed by atoms with E-state index < -0.39 is 5.82 Å². The van der Waals surface area contributed by atoms with Crippen molar-refractivity contribution in [3.8, 4) is 5.75 Å². The first-order valence-electron chi connectivity index (χ1n) is 5.28. The van der Waals surface area contributed by atoms with E-state index in [1.165, 1.54) is 10.8 Å². The van der Waals surface area contributed by atoms with E-state index in [0.717, 1.165) is 17.4 Å². The summed E-state index contributed by atoms with van der Waals surface area (Å²) in [6, 6.07) is 8.43. The lowest BCUT2D eigenvalue weighted by Gasteiger charge is -2.07. The first-order valence-corrected chi connectivity index (χ1v) is 6.08. The van der Waals surface area contributed by atoms with Crippen molar-refractivity contribution in [2.24, 2.45) is 0 Å². The molecule has 3 nitrogen and oxygen atoms in total. The number of benzene rings is 1. The van der Waals surface area contributed by atoms with Crippen LogP contribution in [0.4, 0.5) is 4.39 Å². The Morgan fingerprint density at radius 2 is 2.00 bits per heavy atom. The maximum Gasteiger partial charge on any atom is 0.265 e. The molecule has 2 aromatic rings. The highest BCUT2D eigenvalue weighted by molar-refractivity contribution is 9.10. The zero-order valence-corrected chi connectivity index (χ0v) is 11.3. The number of methoxy groups -OCH3 is 1. The summed E-state index contributed by atoms with van der Waals surface area (Å²) >= 11 is 3.04. The lowest BCUT2D eigenvalue weighted by Crippen LogP contribution is -2.21. The van der Waals surface area contributed by atoms with E-state index >= 15 is 0 Å². The minimum absolute atomic E-state index is 0.219. The van der Waals surface area contributed by atoms with E-state index in [0.29, 0.717) is 6.54 Å². The lowest BCUT2D eigenvalue weighted by atomic mass is 10.2. The van der Waals surface area contributed by atoms with Crippen LogP contribution in [0.15, 0.2) is 45.8 Å². The Morgan fingerprint density at radius 3 is 2.61 bits per heavy atom. The zero-order valence-electron chi connectivity index (χ0n) is 9.69. The first kappa shape index (κ1) is 12.8. The molecular formula is C13H11BrFNO2. The first-order chi connectivity index (χ1) is 8.60. The second kappa shape index (κ2) is 5.35. The quantitative estimate of drug-likeness (QED) is 0.873. The van der Waals surface area contributed by atoms with Crippen LogP contribution >= 0.6 is 15.9 Å².